The van der Waals surface area contributed by atoms with Crippen molar-refractivity contribution in [2.24, 2.45) is 23.7 Å². The van der Waals surface area contributed by atoms with Crippen LogP contribution >= 0.6 is 0 Å². The molecule has 0 bridgehead atoms. The fourth-order valence-corrected chi connectivity index (χ4v) is 4.69. The van der Waals surface area contributed by atoms with E-state index in [1.54, 1.807) is 0 Å². The number of carbonyl (C=O) groups excluding carboxylic acids is 1. The molecule has 0 aromatic carbocycles. The van der Waals surface area contributed by atoms with E-state index in [1.165, 1.54) is 5.56 Å². The highest BCUT2D eigenvalue weighted by atomic mass is 16.2. The maximum absolute atomic E-state index is 12.9. The molecule has 2 aromatic heterocycles. The molecular weight excluding hydrogens is 300 g/mol. The summed E-state index contributed by atoms with van der Waals surface area (Å²) in [5, 5.41) is 6.78. The fraction of sp³-hybridized carbons (Fsp3) is 0.579. The highest BCUT2D eigenvalue weighted by Gasteiger charge is 2.58. The minimum atomic E-state index is -0.373. The number of aryl methyl sites for hydroxylation is 1. The van der Waals surface area contributed by atoms with E-state index < -0.39 is 0 Å². The Morgan fingerprint density at radius 3 is 2.83 bits per heavy atom. The van der Waals surface area contributed by atoms with Crippen molar-refractivity contribution in [3.05, 3.63) is 35.9 Å². The molecule has 3 unspecified atom stereocenters. The van der Waals surface area contributed by atoms with Crippen molar-refractivity contribution in [1.29, 1.82) is 0 Å². The Labute approximate surface area is 141 Å². The number of carbonyl (C=O) groups is 1. The van der Waals surface area contributed by atoms with Gasteiger partial charge in [-0.3, -0.25) is 4.79 Å². The van der Waals surface area contributed by atoms with E-state index in [0.29, 0.717) is 17.8 Å². The van der Waals surface area contributed by atoms with Gasteiger partial charge in [-0.25, -0.2) is 4.98 Å². The lowest BCUT2D eigenvalue weighted by Crippen LogP contribution is -2.48. The molecule has 1 aliphatic heterocycles. The van der Waals surface area contributed by atoms with E-state index in [2.05, 4.69) is 47.2 Å². The number of imidazole rings is 1. The zero-order valence-corrected chi connectivity index (χ0v) is 14.2. The van der Waals surface area contributed by atoms with Gasteiger partial charge in [0.15, 0.2) is 0 Å². The summed E-state index contributed by atoms with van der Waals surface area (Å²) in [6.07, 6.45) is 6.33. The summed E-state index contributed by atoms with van der Waals surface area (Å²) in [5.41, 5.74) is 1.96. The lowest BCUT2D eigenvalue weighted by atomic mass is 9.93. The van der Waals surface area contributed by atoms with Gasteiger partial charge in [0, 0.05) is 12.1 Å². The molecular formula is C19H24N4O. The van der Waals surface area contributed by atoms with Gasteiger partial charge in [-0.2, -0.15) is 0 Å². The van der Waals surface area contributed by atoms with Crippen molar-refractivity contribution in [2.75, 3.05) is 13.1 Å². The van der Waals surface area contributed by atoms with Crippen molar-refractivity contribution in [3.8, 4) is 0 Å². The van der Waals surface area contributed by atoms with Crippen molar-refractivity contribution >= 4 is 11.4 Å². The molecule has 0 radical (unpaired) electrons. The number of piperidine rings is 1. The summed E-state index contributed by atoms with van der Waals surface area (Å²) in [4.78, 5) is 17.6. The van der Waals surface area contributed by atoms with Gasteiger partial charge in [-0.1, -0.05) is 6.07 Å². The number of hydrogen-bond donors (Lipinski definition) is 2. The fourth-order valence-electron chi connectivity index (χ4n) is 4.69. The molecule has 1 amide bonds. The van der Waals surface area contributed by atoms with Crippen molar-refractivity contribution in [2.45, 2.75) is 32.2 Å². The number of aromatic nitrogens is 2. The highest BCUT2D eigenvalue weighted by molar-refractivity contribution is 5.83. The predicted octanol–water partition coefficient (Wildman–Crippen LogP) is 1.85. The third kappa shape index (κ3) is 1.97. The molecule has 1 saturated heterocycles. The third-order valence-electron chi connectivity index (χ3n) is 6.42. The smallest absolute Gasteiger partial charge is 0.224 e. The second kappa shape index (κ2) is 4.82. The number of nitrogens with one attached hydrogen (secondary N) is 2. The van der Waals surface area contributed by atoms with Crippen LogP contribution in [-0.4, -0.2) is 28.4 Å². The molecule has 2 N–H and O–H groups in total. The number of hydrogen-bond acceptors (Lipinski definition) is 3. The maximum atomic E-state index is 12.9. The normalized spacial score (nSPS) is 30.8. The molecule has 5 rings (SSSR count). The van der Waals surface area contributed by atoms with Crippen LogP contribution in [0.1, 0.15) is 31.2 Å². The average molecular weight is 324 g/mol. The Hall–Kier alpha value is -1.88. The first kappa shape index (κ1) is 14.5. The van der Waals surface area contributed by atoms with Gasteiger partial charge in [0.25, 0.3) is 0 Å². The second-order valence-corrected chi connectivity index (χ2v) is 8.01. The van der Waals surface area contributed by atoms with Crippen LogP contribution in [0.15, 0.2) is 24.5 Å². The van der Waals surface area contributed by atoms with Gasteiger partial charge in [0.05, 0.1) is 17.3 Å². The van der Waals surface area contributed by atoms with E-state index in [0.717, 1.165) is 37.3 Å². The average Bonchev–Trinajstić information content (AvgIpc) is 3.44. The van der Waals surface area contributed by atoms with Crippen LogP contribution in [0.25, 0.3) is 5.52 Å². The van der Waals surface area contributed by atoms with E-state index in [4.69, 9.17) is 4.98 Å². The first-order valence-corrected chi connectivity index (χ1v) is 9.05. The molecule has 2 aromatic rings. The number of fused-ring (bicyclic) bond motifs is 2. The minimum Gasteiger partial charge on any atom is -0.343 e. The molecule has 3 atom stereocenters. The zero-order chi connectivity index (χ0) is 16.5. The van der Waals surface area contributed by atoms with Gasteiger partial charge in [-0.05, 0) is 69.2 Å². The van der Waals surface area contributed by atoms with E-state index >= 15 is 0 Å². The standard InChI is InChI=1S/C19H24N4O/c1-11-4-3-7-23-15(11)10-21-18(23)19(2,12-5-6-12)22-17(24)16-13-8-20-9-14(13)16/h3-4,7,10,12-14,16,20H,5-6,8-9H2,1-2H3,(H,22,24). The second-order valence-electron chi connectivity index (χ2n) is 8.01. The van der Waals surface area contributed by atoms with Gasteiger partial charge < -0.3 is 15.0 Å². The number of nitrogens with zero attached hydrogens (tertiary/aromatic N) is 2. The maximum Gasteiger partial charge on any atom is 0.224 e. The van der Waals surface area contributed by atoms with Crippen LogP contribution in [0.2, 0.25) is 0 Å². The largest absolute Gasteiger partial charge is 0.343 e. The predicted molar refractivity (Wildman–Crippen MR) is 91.5 cm³/mol. The molecule has 5 heteroatoms. The SMILES string of the molecule is Cc1cccn2c(C(C)(NC(=O)C3C4CNCC43)C3CC3)ncc12. The van der Waals surface area contributed by atoms with Crippen LogP contribution in [0.4, 0.5) is 0 Å². The third-order valence-corrected chi connectivity index (χ3v) is 6.42. The van der Waals surface area contributed by atoms with Crippen molar-refractivity contribution in [3.63, 3.8) is 0 Å². The van der Waals surface area contributed by atoms with Gasteiger partial charge in [0.2, 0.25) is 5.91 Å². The van der Waals surface area contributed by atoms with Crippen LogP contribution in [0, 0.1) is 30.6 Å². The Bertz CT molecular complexity index is 814. The molecule has 3 heterocycles. The van der Waals surface area contributed by atoms with Crippen LogP contribution in [0.5, 0.6) is 0 Å². The van der Waals surface area contributed by atoms with Crippen molar-refractivity contribution in [1.82, 2.24) is 20.0 Å². The Morgan fingerprint density at radius 1 is 1.38 bits per heavy atom. The van der Waals surface area contributed by atoms with Crippen LogP contribution < -0.4 is 10.6 Å². The zero-order valence-electron chi connectivity index (χ0n) is 14.2. The lowest BCUT2D eigenvalue weighted by molar-refractivity contribution is -0.125. The Morgan fingerprint density at radius 2 is 2.12 bits per heavy atom. The first-order valence-electron chi connectivity index (χ1n) is 9.05. The number of pyridine rings is 1. The topological polar surface area (TPSA) is 58.4 Å². The van der Waals surface area contributed by atoms with E-state index in [-0.39, 0.29) is 17.4 Å². The summed E-state index contributed by atoms with van der Waals surface area (Å²) < 4.78 is 2.16. The van der Waals surface area contributed by atoms with Gasteiger partial charge >= 0.3 is 0 Å². The summed E-state index contributed by atoms with van der Waals surface area (Å²) in [6, 6.07) is 4.16. The molecule has 126 valence electrons. The number of rotatable bonds is 4. The molecule has 5 nitrogen and oxygen atoms in total. The summed E-state index contributed by atoms with van der Waals surface area (Å²) >= 11 is 0. The Balaban J connectivity index is 1.49. The lowest BCUT2D eigenvalue weighted by Gasteiger charge is -2.30. The molecule has 0 spiro atoms. The first-order chi connectivity index (χ1) is 11.6. The molecule has 2 aliphatic carbocycles. The van der Waals surface area contributed by atoms with Crippen LogP contribution in [0.3, 0.4) is 0 Å². The quantitative estimate of drug-likeness (QED) is 0.902. The molecule has 3 aliphatic rings. The van der Waals surface area contributed by atoms with E-state index in [9.17, 15) is 4.79 Å². The summed E-state index contributed by atoms with van der Waals surface area (Å²) in [6.45, 7) is 6.26. The number of amides is 1. The molecule has 2 saturated carbocycles. The Kier molecular flexibility index (Phi) is 2.90. The molecule has 24 heavy (non-hydrogen) atoms. The molecule has 3 fully saturated rings. The summed E-state index contributed by atoms with van der Waals surface area (Å²) in [7, 11) is 0. The summed E-state index contributed by atoms with van der Waals surface area (Å²) in [5.74, 6) is 2.99. The van der Waals surface area contributed by atoms with Crippen LogP contribution in [-0.2, 0) is 10.3 Å². The van der Waals surface area contributed by atoms with Crippen molar-refractivity contribution < 1.29 is 4.79 Å². The van der Waals surface area contributed by atoms with Gasteiger partial charge in [-0.15, -0.1) is 0 Å². The minimum absolute atomic E-state index is 0.206. The monoisotopic (exact) mass is 324 g/mol. The highest BCUT2D eigenvalue weighted by Crippen LogP contribution is 2.51. The van der Waals surface area contributed by atoms with Gasteiger partial charge in [0.1, 0.15) is 5.82 Å². The van der Waals surface area contributed by atoms with E-state index in [1.807, 2.05) is 6.20 Å².